The van der Waals surface area contributed by atoms with E-state index < -0.39 is 0 Å². The summed E-state index contributed by atoms with van der Waals surface area (Å²) in [5.41, 5.74) is 0.559. The Morgan fingerprint density at radius 3 is 2.71 bits per heavy atom. The summed E-state index contributed by atoms with van der Waals surface area (Å²) in [7, 11) is 0. The second-order valence-electron chi connectivity index (χ2n) is 4.89. The summed E-state index contributed by atoms with van der Waals surface area (Å²) in [5, 5.41) is 15.8. The molecular formula is C15H15Cl2N3O. The lowest BCUT2D eigenvalue weighted by Gasteiger charge is -2.11. The lowest BCUT2D eigenvalue weighted by Crippen LogP contribution is -2.33. The molecule has 0 spiro atoms. The van der Waals surface area contributed by atoms with Crippen molar-refractivity contribution in [1.82, 2.24) is 5.32 Å². The van der Waals surface area contributed by atoms with Gasteiger partial charge in [-0.1, -0.05) is 36.0 Å². The monoisotopic (exact) mass is 323 g/mol. The van der Waals surface area contributed by atoms with Crippen LogP contribution >= 0.6 is 23.2 Å². The molecule has 0 atom stereocenters. The number of halogens is 2. The van der Waals surface area contributed by atoms with E-state index in [0.717, 1.165) is 25.7 Å². The molecule has 0 aliphatic heterocycles. The van der Waals surface area contributed by atoms with Gasteiger partial charge < -0.3 is 10.6 Å². The fourth-order valence-corrected chi connectivity index (χ4v) is 2.58. The fraction of sp³-hybridized carbons (Fsp3) is 0.333. The van der Waals surface area contributed by atoms with Crippen LogP contribution in [0, 0.1) is 11.3 Å². The second kappa shape index (κ2) is 7.35. The first-order valence-electron chi connectivity index (χ1n) is 6.73. The van der Waals surface area contributed by atoms with E-state index >= 15 is 0 Å². The molecule has 1 amide bonds. The molecule has 110 valence electrons. The molecule has 1 saturated carbocycles. The SMILES string of the molecule is N#C/C(=C/Nc1cc(Cl)ccc1Cl)C(=O)NC1CCCC1. The highest BCUT2D eigenvalue weighted by Crippen LogP contribution is 2.25. The van der Waals surface area contributed by atoms with Gasteiger partial charge in [-0.15, -0.1) is 0 Å². The van der Waals surface area contributed by atoms with Crippen LogP contribution in [0.15, 0.2) is 30.0 Å². The zero-order chi connectivity index (χ0) is 15.2. The van der Waals surface area contributed by atoms with E-state index in [2.05, 4.69) is 10.6 Å². The van der Waals surface area contributed by atoms with Gasteiger partial charge in [0.1, 0.15) is 11.6 Å². The molecule has 1 aromatic carbocycles. The first-order valence-corrected chi connectivity index (χ1v) is 7.48. The van der Waals surface area contributed by atoms with E-state index in [-0.39, 0.29) is 17.5 Å². The Morgan fingerprint density at radius 2 is 2.05 bits per heavy atom. The molecule has 2 N–H and O–H groups in total. The van der Waals surface area contributed by atoms with Crippen molar-refractivity contribution in [3.63, 3.8) is 0 Å². The van der Waals surface area contributed by atoms with Gasteiger partial charge in [-0.2, -0.15) is 5.26 Å². The molecular weight excluding hydrogens is 309 g/mol. The summed E-state index contributed by atoms with van der Waals surface area (Å²) in [4.78, 5) is 12.0. The first kappa shape index (κ1) is 15.7. The highest BCUT2D eigenvalue weighted by Gasteiger charge is 2.19. The zero-order valence-electron chi connectivity index (χ0n) is 11.3. The van der Waals surface area contributed by atoms with E-state index in [9.17, 15) is 4.79 Å². The Kier molecular flexibility index (Phi) is 5.49. The van der Waals surface area contributed by atoms with Crippen LogP contribution in [0.3, 0.4) is 0 Å². The maximum atomic E-state index is 12.0. The number of rotatable bonds is 4. The Morgan fingerprint density at radius 1 is 1.33 bits per heavy atom. The van der Waals surface area contributed by atoms with Gasteiger partial charge in [-0.3, -0.25) is 4.79 Å². The van der Waals surface area contributed by atoms with Crippen LogP contribution in [0.5, 0.6) is 0 Å². The van der Waals surface area contributed by atoms with Crippen molar-refractivity contribution >= 4 is 34.8 Å². The highest BCUT2D eigenvalue weighted by molar-refractivity contribution is 6.35. The standard InChI is InChI=1S/C15H15Cl2N3O/c16-11-5-6-13(17)14(7-11)19-9-10(8-18)15(21)20-12-3-1-2-4-12/h5-7,9,12,19H,1-4H2,(H,20,21)/b10-9-. The molecule has 0 saturated heterocycles. The first-order chi connectivity index (χ1) is 10.1. The highest BCUT2D eigenvalue weighted by atomic mass is 35.5. The van der Waals surface area contributed by atoms with Crippen LogP contribution in [-0.2, 0) is 4.79 Å². The third-order valence-electron chi connectivity index (χ3n) is 3.36. The minimum atomic E-state index is -0.366. The summed E-state index contributed by atoms with van der Waals surface area (Å²) < 4.78 is 0. The Balaban J connectivity index is 2.04. The average molecular weight is 324 g/mol. The minimum Gasteiger partial charge on any atom is -0.359 e. The summed E-state index contributed by atoms with van der Waals surface area (Å²) in [6.07, 6.45) is 5.53. The number of nitrogens with zero attached hydrogens (tertiary/aromatic N) is 1. The van der Waals surface area contributed by atoms with Gasteiger partial charge in [0.15, 0.2) is 0 Å². The van der Waals surface area contributed by atoms with E-state index in [4.69, 9.17) is 28.5 Å². The van der Waals surface area contributed by atoms with E-state index in [1.54, 1.807) is 18.2 Å². The summed E-state index contributed by atoms with van der Waals surface area (Å²) in [6, 6.07) is 7.00. The van der Waals surface area contributed by atoms with Crippen LogP contribution < -0.4 is 10.6 Å². The predicted molar refractivity (Wildman–Crippen MR) is 84.2 cm³/mol. The van der Waals surface area contributed by atoms with Crippen molar-refractivity contribution in [2.45, 2.75) is 31.7 Å². The van der Waals surface area contributed by atoms with E-state index in [1.807, 2.05) is 6.07 Å². The second-order valence-corrected chi connectivity index (χ2v) is 5.74. The molecule has 21 heavy (non-hydrogen) atoms. The van der Waals surface area contributed by atoms with Crippen molar-refractivity contribution in [2.24, 2.45) is 0 Å². The number of nitrogens with one attached hydrogen (secondary N) is 2. The lowest BCUT2D eigenvalue weighted by molar-refractivity contribution is -0.117. The smallest absolute Gasteiger partial charge is 0.263 e. The normalized spacial score (nSPS) is 15.6. The molecule has 6 heteroatoms. The van der Waals surface area contributed by atoms with Crippen LogP contribution in [0.25, 0.3) is 0 Å². The van der Waals surface area contributed by atoms with Crippen molar-refractivity contribution in [3.8, 4) is 6.07 Å². The summed E-state index contributed by atoms with van der Waals surface area (Å²) in [5.74, 6) is -0.366. The largest absolute Gasteiger partial charge is 0.359 e. The number of carbonyl (C=O) groups is 1. The van der Waals surface area contributed by atoms with Crippen molar-refractivity contribution in [3.05, 3.63) is 40.0 Å². The van der Waals surface area contributed by atoms with Crippen molar-refractivity contribution in [2.75, 3.05) is 5.32 Å². The predicted octanol–water partition coefficient (Wildman–Crippen LogP) is 3.87. The van der Waals surface area contributed by atoms with Gasteiger partial charge in [0.2, 0.25) is 0 Å². The summed E-state index contributed by atoms with van der Waals surface area (Å²) >= 11 is 11.9. The number of nitriles is 1. The summed E-state index contributed by atoms with van der Waals surface area (Å²) in [6.45, 7) is 0. The molecule has 0 heterocycles. The Bertz CT molecular complexity index is 601. The van der Waals surface area contributed by atoms with Gasteiger partial charge >= 0.3 is 0 Å². The third kappa shape index (κ3) is 4.38. The third-order valence-corrected chi connectivity index (χ3v) is 3.92. The Labute approximate surface area is 133 Å². The number of benzene rings is 1. The van der Waals surface area contributed by atoms with Crippen LogP contribution in [0.4, 0.5) is 5.69 Å². The average Bonchev–Trinajstić information content (AvgIpc) is 2.96. The number of carbonyl (C=O) groups excluding carboxylic acids is 1. The number of hydrogen-bond donors (Lipinski definition) is 2. The molecule has 4 nitrogen and oxygen atoms in total. The molecule has 1 aliphatic rings. The number of hydrogen-bond acceptors (Lipinski definition) is 3. The molecule has 2 rings (SSSR count). The molecule has 0 radical (unpaired) electrons. The van der Waals surface area contributed by atoms with Gasteiger partial charge in [0.05, 0.1) is 10.7 Å². The molecule has 1 aliphatic carbocycles. The lowest BCUT2D eigenvalue weighted by atomic mass is 10.2. The topological polar surface area (TPSA) is 64.9 Å². The fourth-order valence-electron chi connectivity index (χ4n) is 2.24. The number of anilines is 1. The maximum Gasteiger partial charge on any atom is 0.263 e. The van der Waals surface area contributed by atoms with Crippen LogP contribution in [0.1, 0.15) is 25.7 Å². The minimum absolute atomic E-state index is 0.0120. The Hall–Kier alpha value is -1.70. The molecule has 1 aromatic rings. The molecule has 0 bridgehead atoms. The van der Waals surface area contributed by atoms with Crippen molar-refractivity contribution in [1.29, 1.82) is 5.26 Å². The number of amides is 1. The molecule has 0 aromatic heterocycles. The molecule has 0 unspecified atom stereocenters. The van der Waals surface area contributed by atoms with E-state index in [0.29, 0.717) is 15.7 Å². The molecule has 1 fully saturated rings. The van der Waals surface area contributed by atoms with Crippen LogP contribution in [0.2, 0.25) is 10.0 Å². The van der Waals surface area contributed by atoms with Gasteiger partial charge in [-0.05, 0) is 31.0 Å². The van der Waals surface area contributed by atoms with E-state index in [1.165, 1.54) is 6.20 Å². The van der Waals surface area contributed by atoms with Gasteiger partial charge in [0, 0.05) is 17.3 Å². The van der Waals surface area contributed by atoms with Crippen molar-refractivity contribution < 1.29 is 4.79 Å². The zero-order valence-corrected chi connectivity index (χ0v) is 12.8. The maximum absolute atomic E-state index is 12.0. The van der Waals surface area contributed by atoms with Gasteiger partial charge in [0.25, 0.3) is 5.91 Å². The van der Waals surface area contributed by atoms with Crippen LogP contribution in [-0.4, -0.2) is 11.9 Å². The van der Waals surface area contributed by atoms with Gasteiger partial charge in [-0.25, -0.2) is 0 Å². The quantitative estimate of drug-likeness (QED) is 0.653.